The topological polar surface area (TPSA) is 69.4 Å². The normalized spacial score (nSPS) is 13.2. The standard InChI is InChI=1S/C23H22N4O2/c1-3-29-22(28)23(2,15-17-7-5-4-6-8-17)20-11-14-25-21-19(16-26-27(20)21)18-9-12-24-13-10-18/h4-14,16H,3,15H2,1-2H3. The molecule has 29 heavy (non-hydrogen) atoms. The van der Waals surface area contributed by atoms with E-state index in [0.717, 1.165) is 22.4 Å². The van der Waals surface area contributed by atoms with Gasteiger partial charge in [-0.25, -0.2) is 9.50 Å². The molecule has 3 heterocycles. The smallest absolute Gasteiger partial charge is 0.318 e. The molecule has 0 fully saturated rings. The molecule has 1 atom stereocenters. The van der Waals surface area contributed by atoms with Crippen molar-refractivity contribution in [2.75, 3.05) is 6.61 Å². The molecule has 0 radical (unpaired) electrons. The highest BCUT2D eigenvalue weighted by Gasteiger charge is 2.39. The molecule has 6 nitrogen and oxygen atoms in total. The van der Waals surface area contributed by atoms with Gasteiger partial charge in [-0.3, -0.25) is 9.78 Å². The maximum atomic E-state index is 13.1. The number of carbonyl (C=O) groups is 1. The number of nitrogens with zero attached hydrogens (tertiary/aromatic N) is 4. The summed E-state index contributed by atoms with van der Waals surface area (Å²) in [6.45, 7) is 4.04. The van der Waals surface area contributed by atoms with Crippen LogP contribution in [0.5, 0.6) is 0 Å². The second kappa shape index (κ2) is 7.83. The molecular formula is C23H22N4O2. The first-order valence-electron chi connectivity index (χ1n) is 9.58. The summed E-state index contributed by atoms with van der Waals surface area (Å²) in [6.07, 6.45) is 7.46. The molecule has 1 aromatic carbocycles. The van der Waals surface area contributed by atoms with Gasteiger partial charge < -0.3 is 4.74 Å². The summed E-state index contributed by atoms with van der Waals surface area (Å²) in [6, 6.07) is 15.6. The van der Waals surface area contributed by atoms with Gasteiger partial charge >= 0.3 is 5.97 Å². The van der Waals surface area contributed by atoms with Crippen molar-refractivity contribution in [1.29, 1.82) is 0 Å². The highest BCUT2D eigenvalue weighted by atomic mass is 16.5. The van der Waals surface area contributed by atoms with E-state index in [1.807, 2.05) is 62.4 Å². The van der Waals surface area contributed by atoms with Crippen LogP contribution in [0, 0.1) is 0 Å². The van der Waals surface area contributed by atoms with Crippen molar-refractivity contribution in [3.63, 3.8) is 0 Å². The van der Waals surface area contributed by atoms with Gasteiger partial charge in [-0.1, -0.05) is 30.3 Å². The molecule has 0 spiro atoms. The Balaban J connectivity index is 1.86. The molecule has 146 valence electrons. The molecule has 0 aliphatic rings. The summed E-state index contributed by atoms with van der Waals surface area (Å²) < 4.78 is 7.21. The first-order chi connectivity index (χ1) is 14.1. The van der Waals surface area contributed by atoms with Gasteiger partial charge in [-0.2, -0.15) is 5.10 Å². The third kappa shape index (κ3) is 3.49. The summed E-state index contributed by atoms with van der Waals surface area (Å²) in [5, 5.41) is 4.57. The molecule has 0 aliphatic carbocycles. The number of fused-ring (bicyclic) bond motifs is 1. The van der Waals surface area contributed by atoms with Crippen LogP contribution in [-0.2, 0) is 21.4 Å². The number of carbonyl (C=O) groups excluding carboxylic acids is 1. The molecule has 0 saturated carbocycles. The zero-order chi connectivity index (χ0) is 20.3. The summed E-state index contributed by atoms with van der Waals surface area (Å²) >= 11 is 0. The number of hydrogen-bond acceptors (Lipinski definition) is 5. The molecule has 0 saturated heterocycles. The van der Waals surface area contributed by atoms with Crippen molar-refractivity contribution < 1.29 is 9.53 Å². The van der Waals surface area contributed by atoms with E-state index in [-0.39, 0.29) is 5.97 Å². The van der Waals surface area contributed by atoms with Crippen LogP contribution in [-0.4, -0.2) is 32.2 Å². The summed E-state index contributed by atoms with van der Waals surface area (Å²) in [7, 11) is 0. The predicted octanol–water partition coefficient (Wildman–Crippen LogP) is 3.85. The maximum Gasteiger partial charge on any atom is 0.318 e. The van der Waals surface area contributed by atoms with Gasteiger partial charge in [-0.15, -0.1) is 0 Å². The van der Waals surface area contributed by atoms with E-state index in [0.29, 0.717) is 18.7 Å². The van der Waals surface area contributed by atoms with Crippen molar-refractivity contribution in [3.05, 3.63) is 84.6 Å². The fourth-order valence-corrected chi connectivity index (χ4v) is 3.61. The fourth-order valence-electron chi connectivity index (χ4n) is 3.61. The molecule has 0 amide bonds. The number of ether oxygens (including phenoxy) is 1. The lowest BCUT2D eigenvalue weighted by molar-refractivity contribution is -0.149. The van der Waals surface area contributed by atoms with Gasteiger partial charge in [0.05, 0.1) is 18.5 Å². The van der Waals surface area contributed by atoms with Gasteiger partial charge in [-0.05, 0) is 49.6 Å². The lowest BCUT2D eigenvalue weighted by Gasteiger charge is -2.28. The molecule has 0 aliphatic heterocycles. The molecule has 3 aromatic heterocycles. The Kier molecular flexibility index (Phi) is 5.08. The van der Waals surface area contributed by atoms with Gasteiger partial charge in [0.1, 0.15) is 5.41 Å². The van der Waals surface area contributed by atoms with E-state index in [4.69, 9.17) is 4.74 Å². The molecule has 1 unspecified atom stereocenters. The molecule has 6 heteroatoms. The van der Waals surface area contributed by atoms with E-state index >= 15 is 0 Å². The fraction of sp³-hybridized carbons (Fsp3) is 0.217. The zero-order valence-electron chi connectivity index (χ0n) is 16.4. The Morgan fingerprint density at radius 3 is 2.55 bits per heavy atom. The van der Waals surface area contributed by atoms with Crippen molar-refractivity contribution >= 4 is 11.6 Å². The number of hydrogen-bond donors (Lipinski definition) is 0. The predicted molar refractivity (Wildman–Crippen MR) is 110 cm³/mol. The summed E-state index contributed by atoms with van der Waals surface area (Å²) in [4.78, 5) is 21.7. The van der Waals surface area contributed by atoms with Gasteiger partial charge in [0, 0.05) is 24.2 Å². The number of pyridine rings is 1. The highest BCUT2D eigenvalue weighted by molar-refractivity contribution is 5.84. The van der Waals surface area contributed by atoms with Crippen molar-refractivity contribution in [2.45, 2.75) is 25.7 Å². The van der Waals surface area contributed by atoms with E-state index in [9.17, 15) is 4.79 Å². The second-order valence-corrected chi connectivity index (χ2v) is 7.07. The highest BCUT2D eigenvalue weighted by Crippen LogP contribution is 2.32. The Bertz CT molecular complexity index is 1130. The molecule has 4 aromatic rings. The summed E-state index contributed by atoms with van der Waals surface area (Å²) in [5.41, 5.74) is 3.43. The molecule has 4 rings (SSSR count). The van der Waals surface area contributed by atoms with Crippen LogP contribution < -0.4 is 0 Å². The first kappa shape index (κ1) is 18.8. The van der Waals surface area contributed by atoms with Gasteiger partial charge in [0.25, 0.3) is 0 Å². The SMILES string of the molecule is CCOC(=O)C(C)(Cc1ccccc1)c1ccnc2c(-c3ccncc3)cnn12. The largest absolute Gasteiger partial charge is 0.465 e. The third-order valence-electron chi connectivity index (χ3n) is 5.08. The van der Waals surface area contributed by atoms with Gasteiger partial charge in [0.15, 0.2) is 5.65 Å². The Labute approximate surface area is 169 Å². The van der Waals surface area contributed by atoms with E-state index < -0.39 is 5.41 Å². The Morgan fingerprint density at radius 1 is 1.07 bits per heavy atom. The van der Waals surface area contributed by atoms with Crippen LogP contribution in [0.15, 0.2) is 73.3 Å². The Morgan fingerprint density at radius 2 is 1.83 bits per heavy atom. The number of esters is 1. The lowest BCUT2D eigenvalue weighted by atomic mass is 9.80. The monoisotopic (exact) mass is 386 g/mol. The minimum atomic E-state index is -0.917. The van der Waals surface area contributed by atoms with Crippen LogP contribution >= 0.6 is 0 Å². The summed E-state index contributed by atoms with van der Waals surface area (Å²) in [5.74, 6) is -0.280. The van der Waals surface area contributed by atoms with E-state index in [1.165, 1.54) is 0 Å². The average Bonchev–Trinajstić information content (AvgIpc) is 3.19. The molecule has 0 N–H and O–H groups in total. The van der Waals surface area contributed by atoms with Crippen molar-refractivity contribution in [2.24, 2.45) is 0 Å². The van der Waals surface area contributed by atoms with E-state index in [1.54, 1.807) is 29.3 Å². The molecular weight excluding hydrogens is 364 g/mol. The Hall–Kier alpha value is -3.54. The van der Waals surface area contributed by atoms with Crippen molar-refractivity contribution in [3.8, 4) is 11.1 Å². The number of aromatic nitrogens is 4. The van der Waals surface area contributed by atoms with Crippen LogP contribution in [0.1, 0.15) is 25.1 Å². The minimum Gasteiger partial charge on any atom is -0.465 e. The minimum absolute atomic E-state index is 0.280. The molecule has 0 bridgehead atoms. The van der Waals surface area contributed by atoms with Crippen molar-refractivity contribution in [1.82, 2.24) is 19.6 Å². The maximum absolute atomic E-state index is 13.1. The van der Waals surface area contributed by atoms with Crippen LogP contribution in [0.4, 0.5) is 0 Å². The number of rotatable bonds is 6. The average molecular weight is 386 g/mol. The van der Waals surface area contributed by atoms with Gasteiger partial charge in [0.2, 0.25) is 0 Å². The second-order valence-electron chi connectivity index (χ2n) is 7.07. The number of benzene rings is 1. The lowest BCUT2D eigenvalue weighted by Crippen LogP contribution is -2.38. The first-order valence-corrected chi connectivity index (χ1v) is 9.58. The quantitative estimate of drug-likeness (QED) is 0.471. The van der Waals surface area contributed by atoms with Crippen LogP contribution in [0.3, 0.4) is 0 Å². The van der Waals surface area contributed by atoms with Crippen LogP contribution in [0.2, 0.25) is 0 Å². The van der Waals surface area contributed by atoms with E-state index in [2.05, 4.69) is 15.1 Å². The zero-order valence-corrected chi connectivity index (χ0v) is 16.4. The van der Waals surface area contributed by atoms with Crippen LogP contribution in [0.25, 0.3) is 16.8 Å². The third-order valence-corrected chi connectivity index (χ3v) is 5.08.